The lowest BCUT2D eigenvalue weighted by Crippen LogP contribution is -2.31. The largest absolute Gasteiger partial charge is 0.366 e. The van der Waals surface area contributed by atoms with E-state index >= 15 is 0 Å². The van der Waals surface area contributed by atoms with Crippen molar-refractivity contribution in [3.63, 3.8) is 0 Å². The van der Waals surface area contributed by atoms with Crippen LogP contribution in [0.25, 0.3) is 0 Å². The summed E-state index contributed by atoms with van der Waals surface area (Å²) in [5, 5.41) is 11.4. The van der Waals surface area contributed by atoms with E-state index in [0.29, 0.717) is 18.3 Å². The van der Waals surface area contributed by atoms with Crippen LogP contribution in [0.5, 0.6) is 0 Å². The number of hydrogen-bond acceptors (Lipinski definition) is 4. The number of aromatic nitrogens is 2. The van der Waals surface area contributed by atoms with Gasteiger partial charge in [0.2, 0.25) is 0 Å². The molecular formula is C16H18N4O. The zero-order valence-corrected chi connectivity index (χ0v) is 12.0. The molecule has 1 heterocycles. The first-order chi connectivity index (χ1) is 10.3. The number of carbonyl (C=O) groups is 1. The van der Waals surface area contributed by atoms with Gasteiger partial charge in [0.25, 0.3) is 5.91 Å². The Morgan fingerprint density at radius 1 is 1.19 bits per heavy atom. The number of amides is 1. The van der Waals surface area contributed by atoms with Crippen molar-refractivity contribution in [1.82, 2.24) is 10.2 Å². The van der Waals surface area contributed by atoms with Crippen molar-refractivity contribution in [1.29, 1.82) is 0 Å². The van der Waals surface area contributed by atoms with E-state index in [0.717, 1.165) is 11.5 Å². The highest BCUT2D eigenvalue weighted by molar-refractivity contribution is 6.04. The molecule has 0 unspecified atom stereocenters. The standard InChI is InChI=1S/C16H18N4O/c1-2-20(13-6-4-3-5-7-13)16(21)14-10-11-15(19-18-14)17-12-8-9-12/h3-7,10-12H,2,8-9H2,1H3,(H,17,19). The topological polar surface area (TPSA) is 58.1 Å². The number of para-hydroxylation sites is 1. The Balaban J connectivity index is 1.76. The van der Waals surface area contributed by atoms with Gasteiger partial charge in [-0.05, 0) is 44.0 Å². The first-order valence-electron chi connectivity index (χ1n) is 7.25. The molecule has 1 amide bonds. The van der Waals surface area contributed by atoms with Gasteiger partial charge in [-0.1, -0.05) is 18.2 Å². The number of anilines is 2. The molecule has 1 saturated carbocycles. The van der Waals surface area contributed by atoms with E-state index in [9.17, 15) is 4.79 Å². The van der Waals surface area contributed by atoms with Crippen molar-refractivity contribution in [2.45, 2.75) is 25.8 Å². The van der Waals surface area contributed by atoms with E-state index in [-0.39, 0.29) is 5.91 Å². The normalized spacial score (nSPS) is 13.8. The molecular weight excluding hydrogens is 264 g/mol. The summed E-state index contributed by atoms with van der Waals surface area (Å²) in [6, 6.07) is 13.7. The molecule has 1 fully saturated rings. The van der Waals surface area contributed by atoms with Crippen LogP contribution in [0, 0.1) is 0 Å². The Bertz CT molecular complexity index is 608. The van der Waals surface area contributed by atoms with E-state index in [4.69, 9.17) is 0 Å². The highest BCUT2D eigenvalue weighted by Crippen LogP contribution is 2.23. The molecule has 2 aromatic rings. The van der Waals surface area contributed by atoms with Crippen LogP contribution in [0.1, 0.15) is 30.3 Å². The fraction of sp³-hybridized carbons (Fsp3) is 0.312. The van der Waals surface area contributed by atoms with Crippen molar-refractivity contribution in [2.75, 3.05) is 16.8 Å². The third-order valence-corrected chi connectivity index (χ3v) is 3.44. The van der Waals surface area contributed by atoms with Crippen molar-refractivity contribution in [2.24, 2.45) is 0 Å². The summed E-state index contributed by atoms with van der Waals surface area (Å²) in [6.07, 6.45) is 2.36. The van der Waals surface area contributed by atoms with Crippen molar-refractivity contribution in [3.05, 3.63) is 48.2 Å². The third-order valence-electron chi connectivity index (χ3n) is 3.44. The van der Waals surface area contributed by atoms with Gasteiger partial charge in [-0.2, -0.15) is 0 Å². The molecule has 0 radical (unpaired) electrons. The van der Waals surface area contributed by atoms with Crippen LogP contribution >= 0.6 is 0 Å². The van der Waals surface area contributed by atoms with Crippen molar-refractivity contribution in [3.8, 4) is 0 Å². The second kappa shape index (κ2) is 5.91. The predicted octanol–water partition coefficient (Wildman–Crippen LogP) is 2.72. The fourth-order valence-electron chi connectivity index (χ4n) is 2.15. The maximum Gasteiger partial charge on any atom is 0.278 e. The van der Waals surface area contributed by atoms with Crippen LogP contribution in [-0.4, -0.2) is 28.7 Å². The minimum absolute atomic E-state index is 0.130. The monoisotopic (exact) mass is 282 g/mol. The van der Waals surface area contributed by atoms with Crippen molar-refractivity contribution < 1.29 is 4.79 Å². The number of carbonyl (C=O) groups excluding carboxylic acids is 1. The van der Waals surface area contributed by atoms with E-state index < -0.39 is 0 Å². The zero-order chi connectivity index (χ0) is 14.7. The Labute approximate surface area is 124 Å². The molecule has 5 heteroatoms. The minimum Gasteiger partial charge on any atom is -0.366 e. The summed E-state index contributed by atoms with van der Waals surface area (Å²) in [7, 11) is 0. The van der Waals surface area contributed by atoms with E-state index in [2.05, 4.69) is 15.5 Å². The first kappa shape index (κ1) is 13.5. The highest BCUT2D eigenvalue weighted by atomic mass is 16.2. The van der Waals surface area contributed by atoms with Gasteiger partial charge in [0, 0.05) is 18.3 Å². The lowest BCUT2D eigenvalue weighted by atomic mass is 10.2. The number of rotatable bonds is 5. The molecule has 0 saturated heterocycles. The van der Waals surface area contributed by atoms with Crippen molar-refractivity contribution >= 4 is 17.4 Å². The summed E-state index contributed by atoms with van der Waals surface area (Å²) in [6.45, 7) is 2.54. The average molecular weight is 282 g/mol. The van der Waals surface area contributed by atoms with E-state index in [1.54, 1.807) is 11.0 Å². The second-order valence-corrected chi connectivity index (χ2v) is 5.11. The summed E-state index contributed by atoms with van der Waals surface area (Å²) >= 11 is 0. The number of hydrogen-bond donors (Lipinski definition) is 1. The molecule has 0 aliphatic heterocycles. The maximum absolute atomic E-state index is 12.5. The fourth-order valence-corrected chi connectivity index (χ4v) is 2.15. The molecule has 1 N–H and O–H groups in total. The Kier molecular flexibility index (Phi) is 3.81. The van der Waals surface area contributed by atoms with Crippen LogP contribution in [0.15, 0.2) is 42.5 Å². The molecule has 1 aliphatic rings. The number of benzene rings is 1. The van der Waals surface area contributed by atoms with Gasteiger partial charge in [0.05, 0.1) is 0 Å². The zero-order valence-electron chi connectivity index (χ0n) is 12.0. The SMILES string of the molecule is CCN(C(=O)c1ccc(NC2CC2)nn1)c1ccccc1. The summed E-state index contributed by atoms with van der Waals surface area (Å²) in [4.78, 5) is 14.2. The Morgan fingerprint density at radius 2 is 1.95 bits per heavy atom. The van der Waals surface area contributed by atoms with Crippen LogP contribution in [0.2, 0.25) is 0 Å². The summed E-state index contributed by atoms with van der Waals surface area (Å²) in [5.41, 5.74) is 1.23. The Morgan fingerprint density at radius 3 is 2.52 bits per heavy atom. The van der Waals surface area contributed by atoms with E-state index in [1.165, 1.54) is 12.8 Å². The van der Waals surface area contributed by atoms with Gasteiger partial charge in [-0.3, -0.25) is 4.79 Å². The molecule has 5 nitrogen and oxygen atoms in total. The molecule has 0 spiro atoms. The van der Waals surface area contributed by atoms with Crippen LogP contribution in [0.3, 0.4) is 0 Å². The molecule has 1 aromatic heterocycles. The molecule has 21 heavy (non-hydrogen) atoms. The molecule has 3 rings (SSSR count). The molecule has 0 bridgehead atoms. The van der Waals surface area contributed by atoms with E-state index in [1.807, 2.05) is 43.3 Å². The van der Waals surface area contributed by atoms with Gasteiger partial charge in [0.15, 0.2) is 5.69 Å². The smallest absolute Gasteiger partial charge is 0.278 e. The average Bonchev–Trinajstić information content (AvgIpc) is 3.34. The first-order valence-corrected chi connectivity index (χ1v) is 7.25. The van der Waals surface area contributed by atoms with Crippen LogP contribution in [-0.2, 0) is 0 Å². The highest BCUT2D eigenvalue weighted by Gasteiger charge is 2.22. The molecule has 1 aliphatic carbocycles. The quantitative estimate of drug-likeness (QED) is 0.916. The molecule has 0 atom stereocenters. The second-order valence-electron chi connectivity index (χ2n) is 5.11. The number of nitrogens with zero attached hydrogens (tertiary/aromatic N) is 3. The van der Waals surface area contributed by atoms with Gasteiger partial charge in [-0.15, -0.1) is 10.2 Å². The van der Waals surface area contributed by atoms with Crippen LogP contribution in [0.4, 0.5) is 11.5 Å². The maximum atomic E-state index is 12.5. The molecule has 1 aromatic carbocycles. The van der Waals surface area contributed by atoms with Gasteiger partial charge < -0.3 is 10.2 Å². The number of nitrogens with one attached hydrogen (secondary N) is 1. The predicted molar refractivity (Wildman–Crippen MR) is 82.5 cm³/mol. The summed E-state index contributed by atoms with van der Waals surface area (Å²) in [5.74, 6) is 0.603. The van der Waals surface area contributed by atoms with Crippen LogP contribution < -0.4 is 10.2 Å². The minimum atomic E-state index is -0.130. The van der Waals surface area contributed by atoms with Gasteiger partial charge in [0.1, 0.15) is 5.82 Å². The third kappa shape index (κ3) is 3.18. The lowest BCUT2D eigenvalue weighted by molar-refractivity contribution is 0.0982. The lowest BCUT2D eigenvalue weighted by Gasteiger charge is -2.20. The van der Waals surface area contributed by atoms with Gasteiger partial charge in [-0.25, -0.2) is 0 Å². The summed E-state index contributed by atoms with van der Waals surface area (Å²) < 4.78 is 0. The Hall–Kier alpha value is -2.43. The van der Waals surface area contributed by atoms with Gasteiger partial charge >= 0.3 is 0 Å². The molecule has 108 valence electrons.